The molecular formula is C18H18N2O2. The fraction of sp³-hybridized carbons (Fsp3) is 0.278. The summed E-state index contributed by atoms with van der Waals surface area (Å²) in [6.07, 6.45) is 0.785. The van der Waals surface area contributed by atoms with Crippen molar-refractivity contribution in [2.45, 2.75) is 25.6 Å². The van der Waals surface area contributed by atoms with Crippen molar-refractivity contribution >= 4 is 5.71 Å². The van der Waals surface area contributed by atoms with Crippen molar-refractivity contribution in [3.63, 3.8) is 0 Å². The van der Waals surface area contributed by atoms with E-state index in [0.717, 1.165) is 29.2 Å². The van der Waals surface area contributed by atoms with E-state index in [1.54, 1.807) is 7.11 Å². The molecule has 2 aromatic rings. The van der Waals surface area contributed by atoms with E-state index >= 15 is 0 Å². The average molecular weight is 294 g/mol. The molecule has 0 aromatic heterocycles. The molecular weight excluding hydrogens is 276 g/mol. The van der Waals surface area contributed by atoms with E-state index in [-0.39, 0.29) is 12.3 Å². The first-order valence-corrected chi connectivity index (χ1v) is 7.52. The number of fused-ring (bicyclic) bond motifs is 3. The zero-order chi connectivity index (χ0) is 15.1. The maximum absolute atomic E-state index is 6.05. The first-order chi connectivity index (χ1) is 10.8. The summed E-state index contributed by atoms with van der Waals surface area (Å²) in [5.41, 5.74) is 3.43. The van der Waals surface area contributed by atoms with Gasteiger partial charge in [0, 0.05) is 12.0 Å². The lowest BCUT2D eigenvalue weighted by atomic mass is 9.96. The zero-order valence-corrected chi connectivity index (χ0v) is 12.7. The first-order valence-electron chi connectivity index (χ1n) is 7.52. The first kappa shape index (κ1) is 13.2. The van der Waals surface area contributed by atoms with Gasteiger partial charge >= 0.3 is 0 Å². The highest BCUT2D eigenvalue weighted by atomic mass is 16.5. The molecule has 2 aliphatic heterocycles. The van der Waals surface area contributed by atoms with Crippen LogP contribution in [0.1, 0.15) is 30.5 Å². The predicted molar refractivity (Wildman–Crippen MR) is 85.3 cm³/mol. The highest BCUT2D eigenvalue weighted by Crippen LogP contribution is 2.46. The van der Waals surface area contributed by atoms with Gasteiger partial charge in [0.25, 0.3) is 0 Å². The maximum atomic E-state index is 6.05. The minimum atomic E-state index is -0.102. The molecule has 0 amide bonds. The number of methoxy groups -OCH3 is 1. The molecule has 4 nitrogen and oxygen atoms in total. The van der Waals surface area contributed by atoms with E-state index in [4.69, 9.17) is 14.6 Å². The Labute approximate surface area is 130 Å². The Morgan fingerprint density at radius 2 is 1.95 bits per heavy atom. The Morgan fingerprint density at radius 3 is 2.73 bits per heavy atom. The average Bonchev–Trinajstić information content (AvgIpc) is 3.02. The van der Waals surface area contributed by atoms with Gasteiger partial charge in [0.1, 0.15) is 0 Å². The topological polar surface area (TPSA) is 34.1 Å². The monoisotopic (exact) mass is 294 g/mol. The molecule has 2 aliphatic rings. The van der Waals surface area contributed by atoms with Gasteiger partial charge in [0.2, 0.25) is 0 Å². The maximum Gasteiger partial charge on any atom is 0.185 e. The summed E-state index contributed by atoms with van der Waals surface area (Å²) < 4.78 is 11.5. The Kier molecular flexibility index (Phi) is 3.03. The molecule has 0 bridgehead atoms. The summed E-state index contributed by atoms with van der Waals surface area (Å²) in [6, 6.07) is 16.6. The van der Waals surface area contributed by atoms with Crippen LogP contribution < -0.4 is 9.47 Å². The van der Waals surface area contributed by atoms with Gasteiger partial charge in [-0.3, -0.25) is 5.01 Å². The van der Waals surface area contributed by atoms with Crippen LogP contribution in [0.3, 0.4) is 0 Å². The lowest BCUT2D eigenvalue weighted by Crippen LogP contribution is -2.38. The van der Waals surface area contributed by atoms with Crippen molar-refractivity contribution in [1.29, 1.82) is 0 Å². The molecule has 0 fully saturated rings. The minimum Gasteiger partial charge on any atom is -0.493 e. The van der Waals surface area contributed by atoms with Crippen LogP contribution in [0.2, 0.25) is 0 Å². The summed E-state index contributed by atoms with van der Waals surface area (Å²) in [6.45, 7) is 2.03. The van der Waals surface area contributed by atoms with Gasteiger partial charge in [0.15, 0.2) is 17.7 Å². The molecule has 2 aromatic carbocycles. The zero-order valence-electron chi connectivity index (χ0n) is 12.7. The molecule has 2 unspecified atom stereocenters. The third kappa shape index (κ3) is 1.95. The third-order valence-corrected chi connectivity index (χ3v) is 4.30. The second-order valence-corrected chi connectivity index (χ2v) is 5.61. The molecule has 2 atom stereocenters. The van der Waals surface area contributed by atoms with Gasteiger partial charge in [-0.2, -0.15) is 5.10 Å². The number of nitrogens with zero attached hydrogens (tertiary/aromatic N) is 2. The molecule has 0 aliphatic carbocycles. The molecule has 0 saturated heterocycles. The van der Waals surface area contributed by atoms with Gasteiger partial charge < -0.3 is 9.47 Å². The van der Waals surface area contributed by atoms with E-state index in [2.05, 4.69) is 23.2 Å². The summed E-state index contributed by atoms with van der Waals surface area (Å²) in [7, 11) is 1.68. The predicted octanol–water partition coefficient (Wildman–Crippen LogP) is 3.58. The van der Waals surface area contributed by atoms with E-state index in [9.17, 15) is 0 Å². The number of rotatable bonds is 2. The fourth-order valence-corrected chi connectivity index (χ4v) is 3.23. The second-order valence-electron chi connectivity index (χ2n) is 5.61. The van der Waals surface area contributed by atoms with Gasteiger partial charge in [0.05, 0.1) is 18.9 Å². The second kappa shape index (κ2) is 5.05. The largest absolute Gasteiger partial charge is 0.493 e. The van der Waals surface area contributed by atoms with Crippen LogP contribution >= 0.6 is 0 Å². The minimum absolute atomic E-state index is 0.102. The van der Waals surface area contributed by atoms with E-state index in [1.807, 2.05) is 37.3 Å². The number of hydrazone groups is 1. The van der Waals surface area contributed by atoms with Crippen LogP contribution in [-0.4, -0.2) is 24.1 Å². The summed E-state index contributed by atoms with van der Waals surface area (Å²) in [5, 5.41) is 6.86. The lowest BCUT2D eigenvalue weighted by Gasteiger charge is -2.36. The van der Waals surface area contributed by atoms with Gasteiger partial charge in [-0.05, 0) is 18.6 Å². The molecule has 112 valence electrons. The smallest absolute Gasteiger partial charge is 0.185 e. The number of ether oxygens (including phenoxy) is 2. The Bertz CT molecular complexity index is 727. The molecule has 22 heavy (non-hydrogen) atoms. The summed E-state index contributed by atoms with van der Waals surface area (Å²) >= 11 is 0. The molecule has 0 spiro atoms. The van der Waals surface area contributed by atoms with Crippen molar-refractivity contribution in [2.24, 2.45) is 5.10 Å². The number of hydrogen-bond donors (Lipinski definition) is 0. The Hall–Kier alpha value is -2.49. The Balaban J connectivity index is 1.74. The van der Waals surface area contributed by atoms with Gasteiger partial charge in [-0.1, -0.05) is 42.5 Å². The summed E-state index contributed by atoms with van der Waals surface area (Å²) in [5.74, 6) is 1.64. The third-order valence-electron chi connectivity index (χ3n) is 4.30. The van der Waals surface area contributed by atoms with Gasteiger partial charge in [-0.15, -0.1) is 0 Å². The molecule has 0 radical (unpaired) electrons. The lowest BCUT2D eigenvalue weighted by molar-refractivity contribution is -0.00535. The van der Waals surface area contributed by atoms with Crippen LogP contribution in [-0.2, 0) is 0 Å². The van der Waals surface area contributed by atoms with E-state index in [1.165, 1.54) is 5.56 Å². The fourth-order valence-electron chi connectivity index (χ4n) is 3.23. The van der Waals surface area contributed by atoms with Crippen molar-refractivity contribution in [3.05, 3.63) is 59.7 Å². The van der Waals surface area contributed by atoms with Crippen molar-refractivity contribution in [1.82, 2.24) is 5.01 Å². The number of hydrogen-bond acceptors (Lipinski definition) is 4. The number of benzene rings is 2. The highest BCUT2D eigenvalue weighted by Gasteiger charge is 2.39. The molecule has 4 heteroatoms. The molecule has 4 rings (SSSR count). The van der Waals surface area contributed by atoms with E-state index < -0.39 is 0 Å². The summed E-state index contributed by atoms with van der Waals surface area (Å²) in [4.78, 5) is 0. The standard InChI is InChI=1S/C18H18N2O2/c1-12-20-16(11-15(19-20)13-7-4-3-5-8-13)14-9-6-10-17(21-2)18(14)22-12/h3-10,12,16H,11H2,1-2H3. The number of para-hydroxylation sites is 1. The van der Waals surface area contributed by atoms with Crippen molar-refractivity contribution < 1.29 is 9.47 Å². The Morgan fingerprint density at radius 1 is 1.14 bits per heavy atom. The molecule has 0 saturated carbocycles. The van der Waals surface area contributed by atoms with E-state index in [0.29, 0.717) is 0 Å². The van der Waals surface area contributed by atoms with Crippen LogP contribution in [0.4, 0.5) is 0 Å². The van der Waals surface area contributed by atoms with Crippen LogP contribution in [0.25, 0.3) is 0 Å². The van der Waals surface area contributed by atoms with Gasteiger partial charge in [-0.25, -0.2) is 0 Å². The SMILES string of the molecule is COc1cccc2c1OC(C)N1N=C(c3ccccc3)CC21. The van der Waals surface area contributed by atoms with Crippen LogP contribution in [0, 0.1) is 0 Å². The molecule has 0 N–H and O–H groups in total. The van der Waals surface area contributed by atoms with Crippen LogP contribution in [0.15, 0.2) is 53.6 Å². The quantitative estimate of drug-likeness (QED) is 0.849. The molecule has 2 heterocycles. The van der Waals surface area contributed by atoms with Crippen molar-refractivity contribution in [2.75, 3.05) is 7.11 Å². The normalized spacial score (nSPS) is 22.5. The highest BCUT2D eigenvalue weighted by molar-refractivity contribution is 6.01. The van der Waals surface area contributed by atoms with Crippen molar-refractivity contribution in [3.8, 4) is 11.5 Å². The van der Waals surface area contributed by atoms with Crippen LogP contribution in [0.5, 0.6) is 11.5 Å².